The molecule has 0 aliphatic rings. The highest BCUT2D eigenvalue weighted by molar-refractivity contribution is 5.95. The van der Waals surface area contributed by atoms with Crippen LogP contribution in [0.15, 0.2) is 49.3 Å². The maximum absolute atomic E-state index is 12.4. The average Bonchev–Trinajstić information content (AvgIpc) is 2.60. The summed E-state index contributed by atoms with van der Waals surface area (Å²) in [7, 11) is 3.12. The number of benzene rings is 1. The molecule has 0 aliphatic heterocycles. The van der Waals surface area contributed by atoms with Crippen LogP contribution in [0.1, 0.15) is 21.5 Å². The molecule has 5 nitrogen and oxygen atoms in total. The first kappa shape index (κ1) is 16.5. The van der Waals surface area contributed by atoms with Gasteiger partial charge in [-0.2, -0.15) is 0 Å². The second-order valence-corrected chi connectivity index (χ2v) is 4.91. The van der Waals surface area contributed by atoms with E-state index in [1.165, 1.54) is 0 Å². The molecule has 0 spiro atoms. The monoisotopic (exact) mass is 312 g/mol. The lowest BCUT2D eigenvalue weighted by molar-refractivity contribution is 0.0950. The predicted octanol–water partition coefficient (Wildman–Crippen LogP) is 2.76. The molecule has 0 unspecified atom stereocenters. The predicted molar refractivity (Wildman–Crippen MR) is 88.9 cm³/mol. The van der Waals surface area contributed by atoms with Crippen LogP contribution in [0.2, 0.25) is 0 Å². The summed E-state index contributed by atoms with van der Waals surface area (Å²) in [6.07, 6.45) is 5.76. The number of carbonyl (C=O) groups is 1. The van der Waals surface area contributed by atoms with Gasteiger partial charge in [-0.05, 0) is 30.2 Å². The fourth-order valence-corrected chi connectivity index (χ4v) is 2.27. The van der Waals surface area contributed by atoms with E-state index in [-0.39, 0.29) is 5.91 Å². The summed E-state index contributed by atoms with van der Waals surface area (Å²) in [5.74, 6) is 0.967. The third-order valence-corrected chi connectivity index (χ3v) is 3.36. The third-order valence-electron chi connectivity index (χ3n) is 3.36. The summed E-state index contributed by atoms with van der Waals surface area (Å²) >= 11 is 0. The van der Waals surface area contributed by atoms with Crippen LogP contribution in [0.5, 0.6) is 11.5 Å². The van der Waals surface area contributed by atoms with Crippen molar-refractivity contribution >= 4 is 5.91 Å². The fraction of sp³-hybridized carbons (Fsp3) is 0.222. The van der Waals surface area contributed by atoms with E-state index in [4.69, 9.17) is 9.47 Å². The number of hydrogen-bond acceptors (Lipinski definition) is 4. The Bertz CT molecular complexity index is 684. The molecule has 0 saturated carbocycles. The highest BCUT2D eigenvalue weighted by Gasteiger charge is 2.15. The van der Waals surface area contributed by atoms with Gasteiger partial charge < -0.3 is 14.8 Å². The van der Waals surface area contributed by atoms with E-state index in [2.05, 4.69) is 16.9 Å². The van der Waals surface area contributed by atoms with Gasteiger partial charge >= 0.3 is 0 Å². The molecule has 1 heterocycles. The normalized spacial score (nSPS) is 10.0. The standard InChI is InChI=1S/C18H20N2O3/c1-4-6-14-9-15(10-16(22-2)17(14)23-3)18(21)20-12-13-7-5-8-19-11-13/h4-5,7-11H,1,6,12H2,2-3H3,(H,20,21). The van der Waals surface area contributed by atoms with Crippen molar-refractivity contribution in [2.24, 2.45) is 0 Å². The van der Waals surface area contributed by atoms with Crippen molar-refractivity contribution in [1.82, 2.24) is 10.3 Å². The minimum Gasteiger partial charge on any atom is -0.493 e. The molecular weight excluding hydrogens is 292 g/mol. The molecule has 1 aromatic carbocycles. The molecule has 0 saturated heterocycles. The van der Waals surface area contributed by atoms with Gasteiger partial charge in [0.2, 0.25) is 0 Å². The third kappa shape index (κ3) is 4.10. The zero-order chi connectivity index (χ0) is 16.7. The van der Waals surface area contributed by atoms with E-state index < -0.39 is 0 Å². The van der Waals surface area contributed by atoms with Crippen molar-refractivity contribution in [2.75, 3.05) is 14.2 Å². The number of carbonyl (C=O) groups excluding carboxylic acids is 1. The van der Waals surface area contributed by atoms with Gasteiger partial charge in [-0.1, -0.05) is 12.1 Å². The van der Waals surface area contributed by atoms with Crippen molar-refractivity contribution in [1.29, 1.82) is 0 Å². The summed E-state index contributed by atoms with van der Waals surface area (Å²) in [4.78, 5) is 16.4. The summed E-state index contributed by atoms with van der Waals surface area (Å²) in [6, 6.07) is 7.21. The van der Waals surface area contributed by atoms with Gasteiger partial charge in [-0.15, -0.1) is 6.58 Å². The van der Waals surface area contributed by atoms with Crippen LogP contribution >= 0.6 is 0 Å². The molecule has 0 atom stereocenters. The molecule has 23 heavy (non-hydrogen) atoms. The number of aromatic nitrogens is 1. The Labute approximate surface area is 136 Å². The van der Waals surface area contributed by atoms with E-state index in [0.29, 0.717) is 30.0 Å². The number of methoxy groups -OCH3 is 2. The average molecular weight is 312 g/mol. The molecule has 0 fully saturated rings. The SMILES string of the molecule is C=CCc1cc(C(=O)NCc2cccnc2)cc(OC)c1OC. The van der Waals surface area contributed by atoms with Gasteiger partial charge in [0, 0.05) is 30.1 Å². The maximum atomic E-state index is 12.4. The Hall–Kier alpha value is -2.82. The molecule has 0 radical (unpaired) electrons. The summed E-state index contributed by atoms with van der Waals surface area (Å²) < 4.78 is 10.7. The van der Waals surface area contributed by atoms with Crippen molar-refractivity contribution < 1.29 is 14.3 Å². The second kappa shape index (κ2) is 7.98. The van der Waals surface area contributed by atoms with E-state index >= 15 is 0 Å². The lowest BCUT2D eigenvalue weighted by Gasteiger charge is -2.14. The van der Waals surface area contributed by atoms with Crippen LogP contribution in [-0.2, 0) is 13.0 Å². The van der Waals surface area contributed by atoms with Gasteiger partial charge in [-0.25, -0.2) is 0 Å². The maximum Gasteiger partial charge on any atom is 0.251 e. The molecule has 0 aliphatic carbocycles. The number of rotatable bonds is 7. The molecule has 0 bridgehead atoms. The zero-order valence-electron chi connectivity index (χ0n) is 13.3. The number of pyridine rings is 1. The van der Waals surface area contributed by atoms with Gasteiger partial charge in [0.05, 0.1) is 14.2 Å². The van der Waals surface area contributed by atoms with E-state index in [9.17, 15) is 4.79 Å². The lowest BCUT2D eigenvalue weighted by atomic mass is 10.0. The first-order valence-electron chi connectivity index (χ1n) is 7.22. The molecule has 1 amide bonds. The number of nitrogens with zero attached hydrogens (tertiary/aromatic N) is 1. The van der Waals surface area contributed by atoms with Gasteiger partial charge in [0.15, 0.2) is 11.5 Å². The van der Waals surface area contributed by atoms with Crippen molar-refractivity contribution in [3.05, 3.63) is 66.0 Å². The Balaban J connectivity index is 2.22. The van der Waals surface area contributed by atoms with Crippen LogP contribution in [0.4, 0.5) is 0 Å². The minimum absolute atomic E-state index is 0.180. The molecule has 5 heteroatoms. The Kier molecular flexibility index (Phi) is 5.74. The molecule has 1 aromatic heterocycles. The molecule has 2 aromatic rings. The number of hydrogen-bond donors (Lipinski definition) is 1. The molecular formula is C18H20N2O3. The molecule has 120 valence electrons. The quantitative estimate of drug-likeness (QED) is 0.799. The highest BCUT2D eigenvalue weighted by atomic mass is 16.5. The van der Waals surface area contributed by atoms with Crippen LogP contribution < -0.4 is 14.8 Å². The summed E-state index contributed by atoms with van der Waals surface area (Å²) in [5, 5.41) is 2.87. The molecule has 1 N–H and O–H groups in total. The van der Waals surface area contributed by atoms with Crippen molar-refractivity contribution in [2.45, 2.75) is 13.0 Å². The zero-order valence-corrected chi connectivity index (χ0v) is 13.3. The lowest BCUT2D eigenvalue weighted by Crippen LogP contribution is -2.23. The van der Waals surface area contributed by atoms with Crippen LogP contribution in [0.25, 0.3) is 0 Å². The van der Waals surface area contributed by atoms with Gasteiger partial charge in [0.25, 0.3) is 5.91 Å². The highest BCUT2D eigenvalue weighted by Crippen LogP contribution is 2.33. The summed E-state index contributed by atoms with van der Waals surface area (Å²) in [6.45, 7) is 4.15. The number of allylic oxidation sites excluding steroid dienone is 1. The van der Waals surface area contributed by atoms with Crippen LogP contribution in [-0.4, -0.2) is 25.1 Å². The van der Waals surface area contributed by atoms with E-state index in [0.717, 1.165) is 11.1 Å². The van der Waals surface area contributed by atoms with E-state index in [1.54, 1.807) is 44.8 Å². The van der Waals surface area contributed by atoms with Crippen LogP contribution in [0.3, 0.4) is 0 Å². The fourth-order valence-electron chi connectivity index (χ4n) is 2.27. The van der Waals surface area contributed by atoms with E-state index in [1.807, 2.05) is 12.1 Å². The summed E-state index contributed by atoms with van der Waals surface area (Å²) in [5.41, 5.74) is 2.31. The Morgan fingerprint density at radius 1 is 1.35 bits per heavy atom. The number of ether oxygens (including phenoxy) is 2. The van der Waals surface area contributed by atoms with Gasteiger partial charge in [-0.3, -0.25) is 9.78 Å². The van der Waals surface area contributed by atoms with Crippen molar-refractivity contribution in [3.63, 3.8) is 0 Å². The Morgan fingerprint density at radius 2 is 2.17 bits per heavy atom. The first-order valence-corrected chi connectivity index (χ1v) is 7.22. The second-order valence-electron chi connectivity index (χ2n) is 4.91. The Morgan fingerprint density at radius 3 is 2.78 bits per heavy atom. The van der Waals surface area contributed by atoms with Crippen molar-refractivity contribution in [3.8, 4) is 11.5 Å². The largest absolute Gasteiger partial charge is 0.493 e. The van der Waals surface area contributed by atoms with Gasteiger partial charge in [0.1, 0.15) is 0 Å². The first-order chi connectivity index (χ1) is 11.2. The minimum atomic E-state index is -0.180. The number of amides is 1. The smallest absolute Gasteiger partial charge is 0.251 e. The molecule has 2 rings (SSSR count). The van der Waals surface area contributed by atoms with Crippen LogP contribution in [0, 0.1) is 0 Å². The number of nitrogens with one attached hydrogen (secondary N) is 1. The topological polar surface area (TPSA) is 60.5 Å².